The number of benzene rings is 12. The van der Waals surface area contributed by atoms with Gasteiger partial charge in [-0.1, -0.05) is 237 Å². The zero-order valence-corrected chi connectivity index (χ0v) is 45.9. The second kappa shape index (κ2) is 17.9. The lowest BCUT2D eigenvalue weighted by atomic mass is 9.60. The first-order valence-electron chi connectivity index (χ1n) is 29.2. The van der Waals surface area contributed by atoms with Gasteiger partial charge < -0.3 is 9.80 Å². The van der Waals surface area contributed by atoms with Crippen molar-refractivity contribution >= 4 is 60.8 Å². The van der Waals surface area contributed by atoms with Crippen LogP contribution in [0.3, 0.4) is 0 Å². The average molecular weight is 1050 g/mol. The van der Waals surface area contributed by atoms with E-state index in [1.807, 2.05) is 0 Å². The molecule has 0 N–H and O–H groups in total. The monoisotopic (exact) mass is 1050 g/mol. The molecule has 388 valence electrons. The third-order valence-corrected chi connectivity index (χ3v) is 19.5. The Morgan fingerprint density at radius 1 is 0.378 bits per heavy atom. The van der Waals surface area contributed by atoms with Crippen LogP contribution in [0.15, 0.2) is 297 Å². The molecule has 12 aromatic rings. The molecule has 0 fully saturated rings. The molecule has 0 aromatic heterocycles. The van der Waals surface area contributed by atoms with Crippen molar-refractivity contribution in [3.8, 4) is 11.1 Å². The fourth-order valence-corrected chi connectivity index (χ4v) is 16.4. The van der Waals surface area contributed by atoms with Crippen LogP contribution in [-0.4, -0.2) is 0 Å². The van der Waals surface area contributed by atoms with Crippen LogP contribution in [0.1, 0.15) is 67.5 Å². The van der Waals surface area contributed by atoms with Gasteiger partial charge in [-0.25, -0.2) is 0 Å². The molecule has 5 unspecified atom stereocenters. The fourth-order valence-electron chi connectivity index (χ4n) is 16.4. The Morgan fingerprint density at radius 3 is 1.51 bits per heavy atom. The van der Waals surface area contributed by atoms with Crippen molar-refractivity contribution in [2.45, 2.75) is 36.5 Å². The van der Waals surface area contributed by atoms with Crippen LogP contribution in [0.4, 0.5) is 28.4 Å². The lowest BCUT2D eigenvalue weighted by Crippen LogP contribution is -2.40. The minimum Gasteiger partial charge on any atom is -0.310 e. The van der Waals surface area contributed by atoms with E-state index in [9.17, 15) is 0 Å². The minimum atomic E-state index is -0.536. The van der Waals surface area contributed by atoms with Gasteiger partial charge in [0.25, 0.3) is 0 Å². The molecule has 5 aliphatic carbocycles. The Morgan fingerprint density at radius 2 is 0.878 bits per heavy atom. The summed E-state index contributed by atoms with van der Waals surface area (Å²) in [5, 5.41) is 7.46. The number of nitrogens with zero attached hydrogens (tertiary/aromatic N) is 2. The summed E-state index contributed by atoms with van der Waals surface area (Å²) in [5.74, 6) is 1.08. The number of hydrogen-bond donors (Lipinski definition) is 0. The Kier molecular flexibility index (Phi) is 10.3. The van der Waals surface area contributed by atoms with Crippen molar-refractivity contribution in [3.63, 3.8) is 0 Å². The number of allylic oxidation sites excluding steroid dienone is 7. The highest BCUT2D eigenvalue weighted by Gasteiger charge is 2.62. The Hall–Kier alpha value is -9.76. The molecule has 0 heterocycles. The van der Waals surface area contributed by atoms with E-state index in [0.29, 0.717) is 11.8 Å². The molecule has 0 aliphatic heterocycles. The van der Waals surface area contributed by atoms with Crippen molar-refractivity contribution in [2.75, 3.05) is 9.80 Å². The summed E-state index contributed by atoms with van der Waals surface area (Å²) < 4.78 is 0. The van der Waals surface area contributed by atoms with E-state index in [0.717, 1.165) is 22.7 Å². The normalized spacial score (nSPS) is 20.1. The largest absolute Gasteiger partial charge is 0.310 e. The van der Waals surface area contributed by atoms with Gasteiger partial charge in [-0.3, -0.25) is 0 Å². The van der Waals surface area contributed by atoms with Gasteiger partial charge in [0.05, 0.1) is 16.8 Å². The Bertz CT molecular complexity index is 4660. The topological polar surface area (TPSA) is 6.48 Å². The molecule has 82 heavy (non-hydrogen) atoms. The summed E-state index contributed by atoms with van der Waals surface area (Å²) in [5.41, 5.74) is 22.2. The summed E-state index contributed by atoms with van der Waals surface area (Å²) in [7, 11) is 0. The van der Waals surface area contributed by atoms with Crippen LogP contribution in [-0.2, 0) is 10.8 Å². The van der Waals surface area contributed by atoms with Gasteiger partial charge in [-0.2, -0.15) is 0 Å². The average Bonchev–Trinajstić information content (AvgIpc) is 3.08. The summed E-state index contributed by atoms with van der Waals surface area (Å²) in [6.45, 7) is 4.43. The number of rotatable bonds is 9. The van der Waals surface area contributed by atoms with E-state index in [4.69, 9.17) is 0 Å². The highest BCUT2D eigenvalue weighted by Crippen LogP contribution is 2.69. The van der Waals surface area contributed by atoms with E-state index in [1.54, 1.807) is 5.56 Å². The standard InChI is InChI=1S/C80H58N2/c1-51-19-15-26-58(47-51)81(60-28-17-25-57(49-60)79(55-21-5-3-6-22-55)70-34-12-9-29-62(70)63-30-10-13-35-71(63)79)74-45-39-53-38-43-69-75(46-40-54-37-42-68(74)76(53)77(54)69)82(59-27-16-20-52(2)48-59)61-41-44-65-67-33-18-32-66-64-31-11-14-36-72(64)80(78(66)67,73(65)50-61)56-23-7-4-8-24-56/h3-50,64-65,72-73H,1-2H3. The third kappa shape index (κ3) is 6.46. The van der Waals surface area contributed by atoms with Crippen molar-refractivity contribution in [1.29, 1.82) is 0 Å². The number of fused-ring (bicyclic) bond motifs is 9. The van der Waals surface area contributed by atoms with Gasteiger partial charge in [0.2, 0.25) is 0 Å². The smallest absolute Gasteiger partial charge is 0.0714 e. The minimum absolute atomic E-state index is 0.193. The molecule has 5 atom stereocenters. The van der Waals surface area contributed by atoms with Crippen LogP contribution in [0.25, 0.3) is 43.4 Å². The maximum atomic E-state index is 2.67. The summed E-state index contributed by atoms with van der Waals surface area (Å²) >= 11 is 0. The maximum absolute atomic E-state index is 2.67. The van der Waals surface area contributed by atoms with Gasteiger partial charge in [0.15, 0.2) is 0 Å². The van der Waals surface area contributed by atoms with Gasteiger partial charge in [-0.15, -0.1) is 0 Å². The van der Waals surface area contributed by atoms with Crippen LogP contribution < -0.4 is 9.80 Å². The Balaban J connectivity index is 0.867. The van der Waals surface area contributed by atoms with Gasteiger partial charge in [-0.05, 0) is 157 Å². The SMILES string of the molecule is Cc1cccc(N(C2=CC3C(C=C2)c2cccc4c2C3(c2ccccc2)C2C=CC=CC42)c2ccc3ccc4c(N(c5cccc(C)c5)c5cccc(C6(c7ccccc7)c7ccccc7-c7ccccc76)c5)ccc5ccc2c3c54)c1. The number of aryl methyl sites for hydroxylation is 2. The highest BCUT2D eigenvalue weighted by atomic mass is 15.2. The van der Waals surface area contributed by atoms with E-state index in [-0.39, 0.29) is 17.3 Å². The molecule has 0 radical (unpaired) electrons. The molecule has 2 nitrogen and oxygen atoms in total. The van der Waals surface area contributed by atoms with Crippen LogP contribution in [0.2, 0.25) is 0 Å². The quantitative estimate of drug-likeness (QED) is 0.133. The van der Waals surface area contributed by atoms with Crippen molar-refractivity contribution in [1.82, 2.24) is 0 Å². The first kappa shape index (κ1) is 47.1. The van der Waals surface area contributed by atoms with Gasteiger partial charge >= 0.3 is 0 Å². The highest BCUT2D eigenvalue weighted by molar-refractivity contribution is 6.28. The van der Waals surface area contributed by atoms with E-state index >= 15 is 0 Å². The van der Waals surface area contributed by atoms with Crippen molar-refractivity contribution in [3.05, 3.63) is 353 Å². The molecule has 0 amide bonds. The predicted octanol–water partition coefficient (Wildman–Crippen LogP) is 20.2. The second-order valence-corrected chi connectivity index (χ2v) is 23.6. The molecule has 0 saturated carbocycles. The Labute approximate surface area is 479 Å². The van der Waals surface area contributed by atoms with E-state index in [2.05, 4.69) is 315 Å². The predicted molar refractivity (Wildman–Crippen MR) is 342 cm³/mol. The lowest BCUT2D eigenvalue weighted by molar-refractivity contribution is 0.306. The molecule has 0 spiro atoms. The maximum Gasteiger partial charge on any atom is 0.0714 e. The van der Waals surface area contributed by atoms with Crippen LogP contribution in [0, 0.1) is 25.7 Å². The molecule has 2 heteroatoms. The summed E-state index contributed by atoms with van der Waals surface area (Å²) in [6, 6.07) is 94.4. The molecule has 5 aliphatic rings. The van der Waals surface area contributed by atoms with Gasteiger partial charge in [0, 0.05) is 62.6 Å². The summed E-state index contributed by atoms with van der Waals surface area (Å²) in [4.78, 5) is 5.09. The van der Waals surface area contributed by atoms with Crippen molar-refractivity contribution < 1.29 is 0 Å². The third-order valence-electron chi connectivity index (χ3n) is 19.5. The molecular weight excluding hydrogens is 989 g/mol. The van der Waals surface area contributed by atoms with E-state index in [1.165, 1.54) is 105 Å². The van der Waals surface area contributed by atoms with Gasteiger partial charge in [0.1, 0.15) is 0 Å². The molecule has 0 saturated heterocycles. The van der Waals surface area contributed by atoms with E-state index < -0.39 is 5.41 Å². The number of hydrogen-bond acceptors (Lipinski definition) is 2. The number of anilines is 5. The fraction of sp³-hybridized carbons (Fsp3) is 0.100. The molecule has 12 aromatic carbocycles. The zero-order chi connectivity index (χ0) is 54.3. The first-order chi connectivity index (χ1) is 40.5. The van der Waals surface area contributed by atoms with Crippen LogP contribution >= 0.6 is 0 Å². The summed E-state index contributed by atoms with van der Waals surface area (Å²) in [6.07, 6.45) is 17.2. The molecule has 17 rings (SSSR count). The first-order valence-corrected chi connectivity index (χ1v) is 29.2. The lowest BCUT2D eigenvalue weighted by Gasteiger charge is -2.43. The molecular formula is C80H58N2. The van der Waals surface area contributed by atoms with Crippen LogP contribution in [0.5, 0.6) is 0 Å². The zero-order valence-electron chi connectivity index (χ0n) is 45.9. The second-order valence-electron chi connectivity index (χ2n) is 23.6. The molecule has 0 bridgehead atoms. The van der Waals surface area contributed by atoms with Crippen molar-refractivity contribution in [2.24, 2.45) is 11.8 Å².